The predicted octanol–water partition coefficient (Wildman–Crippen LogP) is 4.18. The van der Waals surface area contributed by atoms with Crippen LogP contribution in [-0.4, -0.2) is 201 Å². The first kappa shape index (κ1) is 55.6. The summed E-state index contributed by atoms with van der Waals surface area (Å²) >= 11 is 1.41. The number of anilines is 1. The van der Waals surface area contributed by atoms with E-state index in [1.54, 1.807) is 48.9 Å². The number of aromatic nitrogens is 2. The predicted molar refractivity (Wildman–Crippen MR) is 283 cm³/mol. The van der Waals surface area contributed by atoms with Crippen LogP contribution >= 0.6 is 11.8 Å². The topological polar surface area (TPSA) is 205 Å². The third-order valence-corrected chi connectivity index (χ3v) is 15.7. The number of rotatable bonds is 27. The highest BCUT2D eigenvalue weighted by Crippen LogP contribution is 2.34. The molecule has 1 atom stereocenters. The van der Waals surface area contributed by atoms with E-state index in [9.17, 15) is 28.8 Å². The Balaban J connectivity index is 0.590. The molecule has 20 heteroatoms. The van der Waals surface area contributed by atoms with Gasteiger partial charge in [0.1, 0.15) is 11.9 Å². The van der Waals surface area contributed by atoms with Crippen molar-refractivity contribution in [2.24, 2.45) is 5.92 Å². The summed E-state index contributed by atoms with van der Waals surface area (Å²) in [6.07, 6.45) is 16.0. The van der Waals surface area contributed by atoms with E-state index < -0.39 is 29.7 Å². The number of benzene rings is 1. The maximum absolute atomic E-state index is 13.4. The second kappa shape index (κ2) is 29.1. The van der Waals surface area contributed by atoms with Gasteiger partial charge in [-0.15, -0.1) is 11.8 Å². The maximum atomic E-state index is 13.4. The van der Waals surface area contributed by atoms with Gasteiger partial charge >= 0.3 is 0 Å². The third-order valence-electron chi connectivity index (χ3n) is 14.6. The Labute approximate surface area is 444 Å². The van der Waals surface area contributed by atoms with Gasteiger partial charge in [0.2, 0.25) is 17.7 Å². The molecule has 0 spiro atoms. The van der Waals surface area contributed by atoms with Gasteiger partial charge in [0, 0.05) is 113 Å². The molecule has 2 aromatic heterocycles. The molecule has 4 fully saturated rings. The average molecular weight is 1050 g/mol. The average Bonchev–Trinajstić information content (AvgIpc) is 3.70. The first-order valence-corrected chi connectivity index (χ1v) is 27.8. The lowest BCUT2D eigenvalue weighted by Crippen LogP contribution is -2.54. The number of nitrogens with zero attached hydrogens (tertiary/aromatic N) is 7. The van der Waals surface area contributed by atoms with Crippen LogP contribution in [0.25, 0.3) is 6.08 Å². The maximum Gasteiger partial charge on any atom is 0.263 e. The van der Waals surface area contributed by atoms with Crippen LogP contribution in [-0.2, 0) is 33.3 Å². The van der Waals surface area contributed by atoms with Crippen molar-refractivity contribution in [2.75, 3.05) is 129 Å². The van der Waals surface area contributed by atoms with Crippen molar-refractivity contribution in [3.63, 3.8) is 0 Å². The Morgan fingerprint density at radius 3 is 2.17 bits per heavy atom. The minimum atomic E-state index is -0.993. The van der Waals surface area contributed by atoms with E-state index in [-0.39, 0.29) is 30.2 Å². The minimum absolute atomic E-state index is 0.0676. The molecule has 3 aromatic rings. The monoisotopic (exact) mass is 1050 g/mol. The molecule has 2 N–H and O–H groups in total. The van der Waals surface area contributed by atoms with Crippen LogP contribution in [0, 0.1) is 5.92 Å². The van der Waals surface area contributed by atoms with E-state index in [4.69, 9.17) is 23.9 Å². The van der Waals surface area contributed by atoms with Gasteiger partial charge in [-0.05, 0) is 86.4 Å². The van der Waals surface area contributed by atoms with Gasteiger partial charge in [0.05, 0.1) is 69.5 Å². The second-order valence-corrected chi connectivity index (χ2v) is 20.7. The van der Waals surface area contributed by atoms with E-state index in [2.05, 4.69) is 30.3 Å². The van der Waals surface area contributed by atoms with Gasteiger partial charge in [0.15, 0.2) is 0 Å². The quantitative estimate of drug-likeness (QED) is 0.0476. The number of nitrogens with one attached hydrogen (secondary N) is 2. The number of carbonyl (C=O) groups is 6. The summed E-state index contributed by atoms with van der Waals surface area (Å²) in [6.45, 7) is 13.1. The SMILES string of the molecule is O=C(/C=C/c1cccnc1)NCCCCC1CCN(C(=O)c2ccc(N3CCC(N4CCN(CCOCCOCCOCCOCCSc5cccc6c5C(=O)N(C5CCC(=O)NC5=O)C6=O)CC4)CC3)nc2)CC1. The molecule has 0 radical (unpaired) electrons. The molecule has 1 unspecified atom stereocenters. The lowest BCUT2D eigenvalue weighted by molar-refractivity contribution is -0.136. The Kier molecular flexibility index (Phi) is 21.5. The molecule has 8 rings (SSSR count). The molecule has 19 nitrogen and oxygen atoms in total. The van der Waals surface area contributed by atoms with Crippen molar-refractivity contribution < 1.29 is 47.7 Å². The van der Waals surface area contributed by atoms with E-state index in [1.165, 1.54) is 11.8 Å². The number of likely N-dealkylation sites (tertiary alicyclic amines) is 1. The molecule has 0 aliphatic carbocycles. The Bertz CT molecular complexity index is 2390. The van der Waals surface area contributed by atoms with Crippen molar-refractivity contribution in [1.82, 2.24) is 40.2 Å². The fourth-order valence-electron chi connectivity index (χ4n) is 10.4. The number of thioether (sulfide) groups is 1. The Morgan fingerprint density at radius 1 is 0.747 bits per heavy atom. The number of unbranched alkanes of at least 4 members (excludes halogenated alkanes) is 1. The fourth-order valence-corrected chi connectivity index (χ4v) is 11.3. The Morgan fingerprint density at radius 2 is 1.48 bits per heavy atom. The summed E-state index contributed by atoms with van der Waals surface area (Å²) in [5, 5.41) is 5.19. The van der Waals surface area contributed by atoms with Crippen LogP contribution in [0.4, 0.5) is 5.82 Å². The lowest BCUT2D eigenvalue weighted by Gasteiger charge is -2.43. The number of imide groups is 2. The molecule has 4 saturated heterocycles. The number of amides is 6. The number of hydrogen-bond donors (Lipinski definition) is 2. The summed E-state index contributed by atoms with van der Waals surface area (Å²) in [4.78, 5) is 95.7. The molecular formula is C55H73N9O10S. The highest BCUT2D eigenvalue weighted by Gasteiger charge is 2.45. The molecule has 0 bridgehead atoms. The van der Waals surface area contributed by atoms with Crippen LogP contribution < -0.4 is 15.5 Å². The molecule has 1 aromatic carbocycles. The molecule has 5 aliphatic heterocycles. The first-order valence-electron chi connectivity index (χ1n) is 26.8. The largest absolute Gasteiger partial charge is 0.378 e. The van der Waals surface area contributed by atoms with Crippen LogP contribution in [0.3, 0.4) is 0 Å². The molecule has 0 saturated carbocycles. The highest BCUT2D eigenvalue weighted by molar-refractivity contribution is 7.99. The molecule has 75 heavy (non-hydrogen) atoms. The van der Waals surface area contributed by atoms with Crippen LogP contribution in [0.15, 0.2) is 72.0 Å². The van der Waals surface area contributed by atoms with Crippen molar-refractivity contribution in [3.05, 3.63) is 89.4 Å². The van der Waals surface area contributed by atoms with Crippen molar-refractivity contribution in [2.45, 2.75) is 74.8 Å². The van der Waals surface area contributed by atoms with Crippen LogP contribution in [0.5, 0.6) is 0 Å². The van der Waals surface area contributed by atoms with Gasteiger partial charge in [-0.3, -0.25) is 53.8 Å². The fraction of sp³-hybridized carbons (Fsp3) is 0.564. The van der Waals surface area contributed by atoms with E-state index in [1.807, 2.05) is 29.2 Å². The summed E-state index contributed by atoms with van der Waals surface area (Å²) in [6, 6.07) is 12.4. The third kappa shape index (κ3) is 16.2. The normalized spacial score (nSPS) is 19.3. The summed E-state index contributed by atoms with van der Waals surface area (Å²) in [5.41, 5.74) is 2.11. The van der Waals surface area contributed by atoms with E-state index in [0.717, 1.165) is 120 Å². The number of ether oxygens (including phenoxy) is 4. The number of hydrogen-bond acceptors (Lipinski definition) is 16. The minimum Gasteiger partial charge on any atom is -0.378 e. The van der Waals surface area contributed by atoms with E-state index in [0.29, 0.717) is 93.1 Å². The molecule has 404 valence electrons. The van der Waals surface area contributed by atoms with Gasteiger partial charge in [-0.2, -0.15) is 0 Å². The standard InChI is InChI=1S/C55H73N9O10S/c65-49(13-9-42-6-4-19-56-39-42)57-20-2-1-5-41-15-21-63(22-16-41)53(68)43-10-12-48(58-40-43)62-23-17-44(18-24-62)61-27-25-60(26-28-61)29-30-71-31-32-72-33-34-73-35-36-74-37-38-75-47-8-3-7-45-51(47)55(70)64(54(45)69)46-11-14-50(66)59-52(46)67/h3-4,6-10,12-13,19,39-41,44,46H,1-2,5,11,14-18,20-38H2,(H,57,65)(H,59,66,67)/b13-9+. The molecule has 5 aliphatic rings. The zero-order valence-electron chi connectivity index (χ0n) is 43.1. The van der Waals surface area contributed by atoms with Crippen LogP contribution in [0.1, 0.15) is 94.4 Å². The van der Waals surface area contributed by atoms with Gasteiger partial charge in [-0.1, -0.05) is 25.0 Å². The zero-order valence-corrected chi connectivity index (χ0v) is 43.9. The smallest absolute Gasteiger partial charge is 0.263 e. The first-order chi connectivity index (χ1) is 36.7. The Hall–Kier alpha value is -5.61. The van der Waals surface area contributed by atoms with Gasteiger partial charge < -0.3 is 34.1 Å². The van der Waals surface area contributed by atoms with Crippen molar-refractivity contribution in [1.29, 1.82) is 0 Å². The van der Waals surface area contributed by atoms with Crippen molar-refractivity contribution >= 4 is 59.1 Å². The molecule has 7 heterocycles. The second-order valence-electron chi connectivity index (χ2n) is 19.6. The van der Waals surface area contributed by atoms with E-state index >= 15 is 0 Å². The van der Waals surface area contributed by atoms with Gasteiger partial charge in [0.25, 0.3) is 17.7 Å². The number of fused-ring (bicyclic) bond motifs is 1. The number of carbonyl (C=O) groups excluding carboxylic acids is 6. The zero-order chi connectivity index (χ0) is 52.2. The molecular weight excluding hydrogens is 979 g/mol. The van der Waals surface area contributed by atoms with Crippen molar-refractivity contribution in [3.8, 4) is 0 Å². The highest BCUT2D eigenvalue weighted by atomic mass is 32.2. The summed E-state index contributed by atoms with van der Waals surface area (Å²) < 4.78 is 22.9. The number of piperidine rings is 3. The van der Waals surface area contributed by atoms with Gasteiger partial charge in [-0.25, -0.2) is 4.98 Å². The molecule has 6 amide bonds. The van der Waals surface area contributed by atoms with Crippen LogP contribution in [0.2, 0.25) is 0 Å². The summed E-state index contributed by atoms with van der Waals surface area (Å²) in [5.74, 6) is 0.0244. The number of piperazine rings is 1. The number of pyridine rings is 2. The summed E-state index contributed by atoms with van der Waals surface area (Å²) in [7, 11) is 0. The lowest BCUT2D eigenvalue weighted by atomic mass is 9.91.